The number of rotatable bonds is 17. The number of carboxylic acids is 1. The van der Waals surface area contributed by atoms with E-state index in [2.05, 4.69) is 101 Å². The van der Waals surface area contributed by atoms with E-state index in [1.807, 2.05) is 4.72 Å². The monoisotopic (exact) mass is 721 g/mol. The summed E-state index contributed by atoms with van der Waals surface area (Å²) in [6.07, 6.45) is 4.99. The molecule has 12 nitrogen and oxygen atoms in total. The molecular weight excluding hydrogens is 677 g/mol. The summed E-state index contributed by atoms with van der Waals surface area (Å²) >= 11 is 0. The summed E-state index contributed by atoms with van der Waals surface area (Å²) in [6, 6.07) is 37.7. The average molecular weight is 722 g/mol. The highest BCUT2D eigenvalue weighted by Gasteiger charge is 2.26. The smallest absolute Gasteiger partial charge is 0.407 e. The SMILES string of the molecule is C=P(c1ccccc1)(c1ccccc1)c1ccccc1.NC(N)=NCCOCCCCOC(=O)NCC(NS(=O)(=O)c1ccccc1)C(=O)O. The Morgan fingerprint density at radius 2 is 1.22 bits per heavy atom. The molecule has 0 fully saturated rings. The van der Waals surface area contributed by atoms with E-state index in [1.165, 1.54) is 40.2 Å². The third-order valence-electron chi connectivity index (χ3n) is 7.14. The van der Waals surface area contributed by atoms with Crippen LogP contribution < -0.4 is 37.4 Å². The highest BCUT2D eigenvalue weighted by atomic mass is 32.2. The molecule has 0 saturated heterocycles. The lowest BCUT2D eigenvalue weighted by Gasteiger charge is -2.26. The van der Waals surface area contributed by atoms with Gasteiger partial charge in [0.1, 0.15) is 6.04 Å². The van der Waals surface area contributed by atoms with Crippen molar-refractivity contribution < 1.29 is 32.6 Å². The van der Waals surface area contributed by atoms with E-state index in [1.54, 1.807) is 6.07 Å². The number of nitrogens with one attached hydrogen (secondary N) is 2. The topological polar surface area (TPSA) is 195 Å². The van der Waals surface area contributed by atoms with Crippen molar-refractivity contribution >= 4 is 57.1 Å². The van der Waals surface area contributed by atoms with E-state index in [0.29, 0.717) is 32.6 Å². The van der Waals surface area contributed by atoms with Crippen LogP contribution in [0.1, 0.15) is 12.8 Å². The number of guanidine groups is 1. The van der Waals surface area contributed by atoms with Gasteiger partial charge in [0.25, 0.3) is 0 Å². The summed E-state index contributed by atoms with van der Waals surface area (Å²) in [4.78, 5) is 26.7. The Hall–Kier alpha value is -4.94. The first-order valence-corrected chi connectivity index (χ1v) is 19.2. The van der Waals surface area contributed by atoms with Crippen molar-refractivity contribution in [1.29, 1.82) is 0 Å². The Kier molecular flexibility index (Phi) is 16.2. The summed E-state index contributed by atoms with van der Waals surface area (Å²) < 4.78 is 36.7. The Balaban J connectivity index is 0.000000290. The van der Waals surface area contributed by atoms with Crippen LogP contribution in [0.3, 0.4) is 0 Å². The van der Waals surface area contributed by atoms with Crippen molar-refractivity contribution in [3.63, 3.8) is 0 Å². The van der Waals surface area contributed by atoms with E-state index < -0.39 is 41.6 Å². The molecule has 0 aliphatic rings. The summed E-state index contributed by atoms with van der Waals surface area (Å²) in [6.45, 7) is -0.992. The zero-order valence-corrected chi connectivity index (χ0v) is 29.3. The first kappa shape index (κ1) is 39.5. The third kappa shape index (κ3) is 12.8. The molecule has 14 heteroatoms. The molecule has 0 bridgehead atoms. The summed E-state index contributed by atoms with van der Waals surface area (Å²) in [7, 11) is -4.05. The molecule has 1 amide bonds. The number of nitrogens with two attached hydrogens (primary N) is 2. The van der Waals surface area contributed by atoms with Gasteiger partial charge < -0.3 is 31.4 Å². The highest BCUT2D eigenvalue weighted by molar-refractivity contribution is 7.93. The number of hydrogen-bond donors (Lipinski definition) is 5. The lowest BCUT2D eigenvalue weighted by molar-refractivity contribution is -0.138. The second kappa shape index (κ2) is 20.5. The fourth-order valence-corrected chi connectivity index (χ4v) is 8.73. The number of ether oxygens (including phenoxy) is 2. The standard InChI is InChI=1S/C19H17P.C17H27N5O7S/c1-20(17-11-5-2-6-12-17,18-13-7-3-8-14-18)19-15-9-4-10-16-19;18-16(19)20-8-11-28-9-4-5-10-29-17(25)21-12-14(15(23)24)22-30(26,27)13-6-2-1-3-7-13/h2-16H,1H2;1-3,6-7,14,22H,4-5,8-12H2,(H,21,25)(H,23,24)(H4,18,19,20). The predicted molar refractivity (Wildman–Crippen MR) is 201 cm³/mol. The van der Waals surface area contributed by atoms with Crippen LogP contribution in [0.25, 0.3) is 0 Å². The molecule has 0 aromatic heterocycles. The summed E-state index contributed by atoms with van der Waals surface area (Å²) in [5.74, 6) is -1.44. The first-order valence-electron chi connectivity index (χ1n) is 15.8. The van der Waals surface area contributed by atoms with E-state index >= 15 is 0 Å². The quantitative estimate of drug-likeness (QED) is 0.0472. The van der Waals surface area contributed by atoms with Gasteiger partial charge in [0.15, 0.2) is 5.96 Å². The van der Waals surface area contributed by atoms with Crippen molar-refractivity contribution in [2.24, 2.45) is 16.5 Å². The third-order valence-corrected chi connectivity index (χ3v) is 12.2. The van der Waals surface area contributed by atoms with E-state index in [0.717, 1.165) is 0 Å². The molecule has 0 saturated carbocycles. The van der Waals surface area contributed by atoms with Crippen LogP contribution >= 0.6 is 6.89 Å². The fourth-order valence-electron chi connectivity index (χ4n) is 4.58. The molecule has 0 radical (unpaired) electrons. The van der Waals surface area contributed by atoms with Gasteiger partial charge in [-0.2, -0.15) is 4.72 Å². The number of hydrogen-bond acceptors (Lipinski definition) is 7. The largest absolute Gasteiger partial charge is 0.480 e. The molecule has 0 spiro atoms. The van der Waals surface area contributed by atoms with Crippen LogP contribution in [0, 0.1) is 0 Å². The van der Waals surface area contributed by atoms with Crippen molar-refractivity contribution in [2.45, 2.75) is 23.8 Å². The van der Waals surface area contributed by atoms with Gasteiger partial charge in [-0.05, 0) is 47.8 Å². The van der Waals surface area contributed by atoms with Gasteiger partial charge >= 0.3 is 12.1 Å². The van der Waals surface area contributed by atoms with Gasteiger partial charge in [-0.15, -0.1) is 0 Å². The maximum atomic E-state index is 12.2. The average Bonchev–Trinajstić information content (AvgIpc) is 3.13. The van der Waals surface area contributed by atoms with Crippen molar-refractivity contribution in [2.75, 3.05) is 32.9 Å². The molecule has 50 heavy (non-hydrogen) atoms. The van der Waals surface area contributed by atoms with E-state index in [4.69, 9.17) is 27.2 Å². The summed E-state index contributed by atoms with van der Waals surface area (Å²) in [5.41, 5.74) is 10.3. The Labute approximate surface area is 293 Å². The second-order valence-corrected chi connectivity index (χ2v) is 15.7. The van der Waals surface area contributed by atoms with Crippen LogP contribution in [-0.4, -0.2) is 76.8 Å². The molecule has 0 aliphatic carbocycles. The Morgan fingerprint density at radius 3 is 1.68 bits per heavy atom. The van der Waals surface area contributed by atoms with Crippen LogP contribution in [0.2, 0.25) is 0 Å². The number of nitrogens with zero attached hydrogens (tertiary/aromatic N) is 1. The molecule has 4 aromatic carbocycles. The van der Waals surface area contributed by atoms with Gasteiger partial charge in [-0.1, -0.05) is 115 Å². The number of carboxylic acid groups (broad SMARTS) is 1. The zero-order valence-electron chi connectivity index (χ0n) is 27.6. The Bertz CT molecular complexity index is 1690. The normalized spacial score (nSPS) is 11.7. The number of aliphatic imine (C=N–C) groups is 1. The van der Waals surface area contributed by atoms with Gasteiger partial charge in [-0.3, -0.25) is 9.79 Å². The van der Waals surface area contributed by atoms with Gasteiger partial charge in [-0.25, -0.2) is 13.2 Å². The number of aliphatic carboxylic acids is 1. The predicted octanol–water partition coefficient (Wildman–Crippen LogP) is 2.63. The van der Waals surface area contributed by atoms with Gasteiger partial charge in [0.2, 0.25) is 10.0 Å². The highest BCUT2D eigenvalue weighted by Crippen LogP contribution is 2.41. The number of unbranched alkanes of at least 4 members (excludes halogenated alkanes) is 1. The molecule has 1 unspecified atom stereocenters. The maximum Gasteiger partial charge on any atom is 0.407 e. The number of alkyl carbamates (subject to hydrolysis) is 1. The molecule has 4 rings (SSSR count). The minimum absolute atomic E-state index is 0.00369. The number of sulfonamides is 1. The molecule has 7 N–H and O–H groups in total. The van der Waals surface area contributed by atoms with E-state index in [9.17, 15) is 23.1 Å². The van der Waals surface area contributed by atoms with Gasteiger partial charge in [0.05, 0.1) is 24.7 Å². The van der Waals surface area contributed by atoms with Crippen LogP contribution in [0.15, 0.2) is 131 Å². The Morgan fingerprint density at radius 1 is 0.760 bits per heavy atom. The molecule has 1 atom stereocenters. The molecular formula is C36H44N5O7PS. The van der Waals surface area contributed by atoms with Gasteiger partial charge in [0, 0.05) is 13.2 Å². The lowest BCUT2D eigenvalue weighted by Crippen LogP contribution is -2.48. The number of carbonyl (C=O) groups excluding carboxylic acids is 1. The van der Waals surface area contributed by atoms with Crippen LogP contribution in [0.5, 0.6) is 0 Å². The summed E-state index contributed by atoms with van der Waals surface area (Å²) in [5, 5.41) is 15.4. The molecule has 0 heterocycles. The maximum absolute atomic E-state index is 12.2. The van der Waals surface area contributed by atoms with Crippen LogP contribution in [-0.2, 0) is 24.3 Å². The number of carbonyl (C=O) groups is 2. The zero-order chi connectivity index (χ0) is 36.2. The fraction of sp³-hybridized carbons (Fsp3) is 0.222. The lowest BCUT2D eigenvalue weighted by atomic mass is 10.3. The minimum Gasteiger partial charge on any atom is -0.480 e. The number of amides is 1. The van der Waals surface area contributed by atoms with Crippen molar-refractivity contribution in [3.8, 4) is 0 Å². The van der Waals surface area contributed by atoms with Crippen molar-refractivity contribution in [1.82, 2.24) is 10.0 Å². The first-order chi connectivity index (χ1) is 24.0. The second-order valence-electron chi connectivity index (χ2n) is 10.8. The van der Waals surface area contributed by atoms with Crippen molar-refractivity contribution in [3.05, 3.63) is 121 Å². The molecule has 4 aromatic rings. The van der Waals surface area contributed by atoms with Crippen LogP contribution in [0.4, 0.5) is 4.79 Å². The minimum atomic E-state index is -4.05. The molecule has 266 valence electrons. The van der Waals surface area contributed by atoms with E-state index in [-0.39, 0.29) is 17.5 Å². The molecule has 0 aliphatic heterocycles. The number of benzene rings is 4.